The summed E-state index contributed by atoms with van der Waals surface area (Å²) in [5.41, 5.74) is 1.15. The summed E-state index contributed by atoms with van der Waals surface area (Å²) in [7, 11) is 0. The van der Waals surface area contributed by atoms with Gasteiger partial charge >= 0.3 is 0 Å². The third-order valence-electron chi connectivity index (χ3n) is 7.24. The van der Waals surface area contributed by atoms with Gasteiger partial charge in [0.1, 0.15) is 6.04 Å². The Bertz CT molecular complexity index is 1020. The molecule has 4 rings (SSSR count). The zero-order chi connectivity index (χ0) is 24.9. The van der Waals surface area contributed by atoms with Crippen molar-refractivity contribution < 1.29 is 24.0 Å². The van der Waals surface area contributed by atoms with E-state index in [0.29, 0.717) is 24.6 Å². The van der Waals surface area contributed by atoms with Crippen LogP contribution in [0.15, 0.2) is 18.2 Å². The molecule has 9 heteroatoms. The van der Waals surface area contributed by atoms with Gasteiger partial charge in [-0.2, -0.15) is 0 Å². The number of amides is 5. The molecule has 0 radical (unpaired) electrons. The Balaban J connectivity index is 1.20. The van der Waals surface area contributed by atoms with Crippen LogP contribution < -0.4 is 10.6 Å². The van der Waals surface area contributed by atoms with Crippen LogP contribution in [0, 0.1) is 5.92 Å². The predicted octanol–water partition coefficient (Wildman–Crippen LogP) is 2.71. The molecule has 1 unspecified atom stereocenters. The maximum Gasteiger partial charge on any atom is 0.264 e. The first-order valence-corrected chi connectivity index (χ1v) is 12.8. The number of carbonyl (C=O) groups excluding carboxylic acids is 5. The van der Waals surface area contributed by atoms with E-state index in [1.54, 1.807) is 18.2 Å². The Labute approximate surface area is 205 Å². The predicted molar refractivity (Wildman–Crippen MR) is 130 cm³/mol. The van der Waals surface area contributed by atoms with Crippen molar-refractivity contribution in [2.75, 3.05) is 25.0 Å². The number of nitrogens with zero attached hydrogens (tertiary/aromatic N) is 2. The number of nitrogens with one attached hydrogen (secondary N) is 2. The number of hydrogen-bond acceptors (Lipinski definition) is 6. The molecule has 0 aromatic heterocycles. The highest BCUT2D eigenvalue weighted by Crippen LogP contribution is 2.32. The monoisotopic (exact) mass is 482 g/mol. The zero-order valence-corrected chi connectivity index (χ0v) is 20.3. The number of imide groups is 2. The van der Waals surface area contributed by atoms with Crippen LogP contribution in [0.1, 0.15) is 85.4 Å². The lowest BCUT2D eigenvalue weighted by Crippen LogP contribution is -2.54. The van der Waals surface area contributed by atoms with E-state index in [-0.39, 0.29) is 29.9 Å². The van der Waals surface area contributed by atoms with Gasteiger partial charge in [-0.1, -0.05) is 32.3 Å². The van der Waals surface area contributed by atoms with Crippen molar-refractivity contribution in [2.45, 2.75) is 70.8 Å². The average Bonchev–Trinajstić information content (AvgIpc) is 3.06. The number of unbranched alkanes of at least 4 members (excludes halogenated alkanes) is 4. The topological polar surface area (TPSA) is 116 Å². The number of rotatable bonds is 11. The molecule has 1 aromatic carbocycles. The molecule has 0 bridgehead atoms. The summed E-state index contributed by atoms with van der Waals surface area (Å²) >= 11 is 0. The second-order valence-electron chi connectivity index (χ2n) is 9.69. The lowest BCUT2D eigenvalue weighted by molar-refractivity contribution is -0.138. The standard InChI is InChI=1S/C26H34N4O5/c1-2-17-15-29(16-17)22(32)11-6-4-3-5-7-14-27-19-10-8-9-18-23(19)26(35)30(25(18)34)20-12-13-21(31)28-24(20)33/h8-10,17,20,27H,2-7,11-16H2,1H3,(H,28,31,33). The first-order chi connectivity index (χ1) is 16.9. The third kappa shape index (κ3) is 5.39. The summed E-state index contributed by atoms with van der Waals surface area (Å²) in [5.74, 6) is -1.04. The molecule has 188 valence electrons. The van der Waals surface area contributed by atoms with Crippen molar-refractivity contribution in [3.8, 4) is 0 Å². The molecule has 5 amide bonds. The average molecular weight is 483 g/mol. The second kappa shape index (κ2) is 11.0. The van der Waals surface area contributed by atoms with Crippen molar-refractivity contribution in [1.82, 2.24) is 15.1 Å². The summed E-state index contributed by atoms with van der Waals surface area (Å²) in [6.07, 6.45) is 6.90. The Kier molecular flexibility index (Phi) is 7.83. The van der Waals surface area contributed by atoms with Crippen molar-refractivity contribution in [2.24, 2.45) is 5.92 Å². The molecule has 2 fully saturated rings. The van der Waals surface area contributed by atoms with Gasteiger partial charge in [-0.3, -0.25) is 34.2 Å². The lowest BCUT2D eigenvalue weighted by Gasteiger charge is -2.39. The van der Waals surface area contributed by atoms with Crippen molar-refractivity contribution in [1.29, 1.82) is 0 Å². The molecule has 35 heavy (non-hydrogen) atoms. The highest BCUT2D eigenvalue weighted by molar-refractivity contribution is 6.25. The number of hydrogen-bond donors (Lipinski definition) is 2. The van der Waals surface area contributed by atoms with Crippen LogP contribution in [0.4, 0.5) is 5.69 Å². The molecule has 2 saturated heterocycles. The first kappa shape index (κ1) is 24.9. The Morgan fingerprint density at radius 2 is 1.77 bits per heavy atom. The van der Waals surface area contributed by atoms with Crippen molar-refractivity contribution in [3.63, 3.8) is 0 Å². The fraction of sp³-hybridized carbons (Fsp3) is 0.577. The van der Waals surface area contributed by atoms with E-state index in [0.717, 1.165) is 56.5 Å². The Hall–Kier alpha value is -3.23. The van der Waals surface area contributed by atoms with Crippen LogP contribution in [-0.4, -0.2) is 65.0 Å². The normalized spacial score (nSPS) is 20.1. The fourth-order valence-electron chi connectivity index (χ4n) is 5.01. The van der Waals surface area contributed by atoms with Gasteiger partial charge in [0.05, 0.1) is 11.1 Å². The van der Waals surface area contributed by atoms with Crippen molar-refractivity contribution in [3.05, 3.63) is 29.3 Å². The molecule has 1 atom stereocenters. The van der Waals surface area contributed by atoms with Gasteiger partial charge in [0, 0.05) is 38.2 Å². The highest BCUT2D eigenvalue weighted by atomic mass is 16.2. The minimum Gasteiger partial charge on any atom is -0.384 e. The van der Waals surface area contributed by atoms with Crippen LogP contribution in [-0.2, 0) is 14.4 Å². The summed E-state index contributed by atoms with van der Waals surface area (Å²) in [5, 5.41) is 5.48. The maximum absolute atomic E-state index is 13.1. The van der Waals surface area contributed by atoms with Crippen LogP contribution >= 0.6 is 0 Å². The van der Waals surface area contributed by atoms with Gasteiger partial charge in [-0.15, -0.1) is 0 Å². The van der Waals surface area contributed by atoms with E-state index in [9.17, 15) is 24.0 Å². The zero-order valence-electron chi connectivity index (χ0n) is 20.3. The van der Waals surface area contributed by atoms with Crippen LogP contribution in [0.2, 0.25) is 0 Å². The van der Waals surface area contributed by atoms with Gasteiger partial charge in [-0.25, -0.2) is 0 Å². The number of fused-ring (bicyclic) bond motifs is 1. The molecule has 9 nitrogen and oxygen atoms in total. The number of likely N-dealkylation sites (tertiary alicyclic amines) is 1. The maximum atomic E-state index is 13.1. The number of carbonyl (C=O) groups is 5. The van der Waals surface area contributed by atoms with Gasteiger partial charge in [0.2, 0.25) is 17.7 Å². The fourth-order valence-corrected chi connectivity index (χ4v) is 5.01. The summed E-state index contributed by atoms with van der Waals surface area (Å²) < 4.78 is 0. The van der Waals surface area contributed by atoms with Crippen LogP contribution in [0.5, 0.6) is 0 Å². The van der Waals surface area contributed by atoms with Crippen molar-refractivity contribution >= 4 is 35.2 Å². The quantitative estimate of drug-likeness (QED) is 0.370. The number of anilines is 1. The minimum atomic E-state index is -0.964. The molecular weight excluding hydrogens is 448 g/mol. The number of piperidine rings is 1. The minimum absolute atomic E-state index is 0.0979. The van der Waals surface area contributed by atoms with E-state index < -0.39 is 29.7 Å². The smallest absolute Gasteiger partial charge is 0.264 e. The molecule has 3 aliphatic heterocycles. The van der Waals surface area contributed by atoms with E-state index >= 15 is 0 Å². The van der Waals surface area contributed by atoms with E-state index in [1.165, 1.54) is 0 Å². The van der Waals surface area contributed by atoms with Gasteiger partial charge in [0.25, 0.3) is 11.8 Å². The summed E-state index contributed by atoms with van der Waals surface area (Å²) in [6, 6.07) is 4.12. The molecule has 0 aliphatic carbocycles. The second-order valence-corrected chi connectivity index (χ2v) is 9.69. The van der Waals surface area contributed by atoms with E-state index in [4.69, 9.17) is 0 Å². The molecular formula is C26H34N4O5. The van der Waals surface area contributed by atoms with Gasteiger partial charge < -0.3 is 10.2 Å². The molecule has 2 N–H and O–H groups in total. The molecule has 0 saturated carbocycles. The third-order valence-corrected chi connectivity index (χ3v) is 7.24. The van der Waals surface area contributed by atoms with Gasteiger partial charge in [0.15, 0.2) is 0 Å². The lowest BCUT2D eigenvalue weighted by atomic mass is 9.96. The first-order valence-electron chi connectivity index (χ1n) is 12.8. The SMILES string of the molecule is CCC1CN(C(=O)CCCCCCCNc2cccc3c2C(=O)N(C2CCC(=O)NC2=O)C3=O)C1. The summed E-state index contributed by atoms with van der Waals surface area (Å²) in [4.78, 5) is 64.7. The van der Waals surface area contributed by atoms with Gasteiger partial charge in [-0.05, 0) is 43.7 Å². The Morgan fingerprint density at radius 3 is 2.51 bits per heavy atom. The van der Waals surface area contributed by atoms with E-state index in [2.05, 4.69) is 17.6 Å². The van der Waals surface area contributed by atoms with Crippen LogP contribution in [0.3, 0.4) is 0 Å². The number of benzene rings is 1. The van der Waals surface area contributed by atoms with Crippen LogP contribution in [0.25, 0.3) is 0 Å². The Morgan fingerprint density at radius 1 is 1.03 bits per heavy atom. The highest BCUT2D eigenvalue weighted by Gasteiger charge is 2.45. The largest absolute Gasteiger partial charge is 0.384 e. The van der Waals surface area contributed by atoms with E-state index in [1.807, 2.05) is 4.90 Å². The molecule has 1 aromatic rings. The molecule has 0 spiro atoms. The molecule has 3 heterocycles. The summed E-state index contributed by atoms with van der Waals surface area (Å²) in [6.45, 7) is 4.66. The molecule has 3 aliphatic rings.